The number of nitrogen functional groups attached to an aromatic ring is 1. The van der Waals surface area contributed by atoms with Crippen LogP contribution in [0.3, 0.4) is 0 Å². The van der Waals surface area contributed by atoms with Crippen molar-refractivity contribution in [1.29, 1.82) is 5.26 Å². The molecule has 0 fully saturated rings. The summed E-state index contributed by atoms with van der Waals surface area (Å²) in [5.74, 6) is 0.200. The predicted octanol–water partition coefficient (Wildman–Crippen LogP) is 2.12. The normalized spacial score (nSPS) is 10.6. The van der Waals surface area contributed by atoms with E-state index in [0.717, 1.165) is 0 Å². The van der Waals surface area contributed by atoms with E-state index in [4.69, 9.17) is 5.73 Å². The summed E-state index contributed by atoms with van der Waals surface area (Å²) in [4.78, 5) is 23.9. The van der Waals surface area contributed by atoms with Crippen LogP contribution >= 0.6 is 0 Å². The van der Waals surface area contributed by atoms with Crippen molar-refractivity contribution in [3.8, 4) is 28.7 Å². The Kier molecular flexibility index (Phi) is 3.60. The standard InChI is InChI=1S/C18H11N7O/c19-8-11-3-1-2-4-13(11)16-17(14-5-6-21-10-22-14)25-15(18(20)23-16)7-12(9-26)24-25/h1-7,9-10H,(H2,20,23). The van der Waals surface area contributed by atoms with Gasteiger partial charge >= 0.3 is 0 Å². The summed E-state index contributed by atoms with van der Waals surface area (Å²) in [5.41, 5.74) is 9.36. The average molecular weight is 341 g/mol. The van der Waals surface area contributed by atoms with Crippen LogP contribution in [0.2, 0.25) is 0 Å². The van der Waals surface area contributed by atoms with E-state index in [1.54, 1.807) is 36.5 Å². The zero-order chi connectivity index (χ0) is 18.1. The summed E-state index contributed by atoms with van der Waals surface area (Å²) < 4.78 is 1.53. The Morgan fingerprint density at radius 3 is 2.81 bits per heavy atom. The Bertz CT molecular complexity index is 1180. The topological polar surface area (TPSA) is 123 Å². The van der Waals surface area contributed by atoms with Gasteiger partial charge in [0.1, 0.15) is 34.7 Å². The second kappa shape index (κ2) is 6.07. The Morgan fingerprint density at radius 2 is 2.08 bits per heavy atom. The van der Waals surface area contributed by atoms with Gasteiger partial charge in [-0.15, -0.1) is 0 Å². The maximum absolute atomic E-state index is 11.2. The van der Waals surface area contributed by atoms with Crippen molar-refractivity contribution in [1.82, 2.24) is 24.6 Å². The van der Waals surface area contributed by atoms with Crippen LogP contribution in [0.5, 0.6) is 0 Å². The molecule has 26 heavy (non-hydrogen) atoms. The number of nitriles is 1. The number of aldehydes is 1. The number of anilines is 1. The SMILES string of the molecule is N#Cc1ccccc1-c1nc(N)c2cc(C=O)nn2c1-c1ccncn1. The molecule has 0 saturated carbocycles. The van der Waals surface area contributed by atoms with Crippen molar-refractivity contribution in [2.75, 3.05) is 5.73 Å². The van der Waals surface area contributed by atoms with Gasteiger partial charge in [0.15, 0.2) is 6.29 Å². The van der Waals surface area contributed by atoms with Gasteiger partial charge in [-0.2, -0.15) is 10.4 Å². The van der Waals surface area contributed by atoms with Crippen LogP contribution < -0.4 is 5.73 Å². The summed E-state index contributed by atoms with van der Waals surface area (Å²) >= 11 is 0. The largest absolute Gasteiger partial charge is 0.382 e. The molecule has 2 N–H and O–H groups in total. The van der Waals surface area contributed by atoms with E-state index >= 15 is 0 Å². The summed E-state index contributed by atoms with van der Waals surface area (Å²) in [5, 5.41) is 13.8. The van der Waals surface area contributed by atoms with Crippen molar-refractivity contribution in [2.24, 2.45) is 0 Å². The molecule has 0 saturated heterocycles. The van der Waals surface area contributed by atoms with Crippen molar-refractivity contribution in [2.45, 2.75) is 0 Å². The maximum Gasteiger partial charge on any atom is 0.170 e. The number of benzene rings is 1. The Hall–Kier alpha value is -4.12. The highest BCUT2D eigenvalue weighted by atomic mass is 16.1. The van der Waals surface area contributed by atoms with Crippen LogP contribution in [-0.4, -0.2) is 30.9 Å². The number of nitrogens with two attached hydrogens (primary N) is 1. The molecule has 0 radical (unpaired) electrons. The fourth-order valence-corrected chi connectivity index (χ4v) is 2.78. The molecule has 124 valence electrons. The van der Waals surface area contributed by atoms with Gasteiger partial charge in [0, 0.05) is 11.8 Å². The summed E-state index contributed by atoms with van der Waals surface area (Å²) in [6.07, 6.45) is 3.63. The van der Waals surface area contributed by atoms with Crippen LogP contribution in [0.15, 0.2) is 48.9 Å². The van der Waals surface area contributed by atoms with E-state index in [1.807, 2.05) is 6.07 Å². The minimum atomic E-state index is 0.200. The van der Waals surface area contributed by atoms with E-state index in [1.165, 1.54) is 10.8 Å². The lowest BCUT2D eigenvalue weighted by Gasteiger charge is -2.13. The van der Waals surface area contributed by atoms with Crippen molar-refractivity contribution >= 4 is 17.6 Å². The molecule has 0 atom stereocenters. The van der Waals surface area contributed by atoms with E-state index < -0.39 is 0 Å². The lowest BCUT2D eigenvalue weighted by Crippen LogP contribution is -2.06. The predicted molar refractivity (Wildman–Crippen MR) is 94.0 cm³/mol. The maximum atomic E-state index is 11.2. The molecule has 0 aliphatic heterocycles. The number of aromatic nitrogens is 5. The highest BCUT2D eigenvalue weighted by Crippen LogP contribution is 2.33. The summed E-state index contributed by atoms with van der Waals surface area (Å²) in [7, 11) is 0. The lowest BCUT2D eigenvalue weighted by atomic mass is 10.0. The number of hydrogen-bond donors (Lipinski definition) is 1. The van der Waals surface area contributed by atoms with Crippen molar-refractivity contribution < 1.29 is 4.79 Å². The van der Waals surface area contributed by atoms with Gasteiger partial charge in [-0.25, -0.2) is 19.5 Å². The minimum absolute atomic E-state index is 0.200. The van der Waals surface area contributed by atoms with Gasteiger partial charge in [0.25, 0.3) is 0 Å². The monoisotopic (exact) mass is 341 g/mol. The molecular formula is C18H11N7O. The molecule has 8 heteroatoms. The highest BCUT2D eigenvalue weighted by molar-refractivity contribution is 5.86. The highest BCUT2D eigenvalue weighted by Gasteiger charge is 2.20. The van der Waals surface area contributed by atoms with E-state index in [2.05, 4.69) is 26.1 Å². The summed E-state index contributed by atoms with van der Waals surface area (Å²) in [6.45, 7) is 0. The molecule has 8 nitrogen and oxygen atoms in total. The third kappa shape index (κ3) is 2.35. The molecule has 0 amide bonds. The first kappa shape index (κ1) is 15.4. The van der Waals surface area contributed by atoms with Crippen LogP contribution in [0, 0.1) is 11.3 Å². The third-order valence-electron chi connectivity index (χ3n) is 3.91. The summed E-state index contributed by atoms with van der Waals surface area (Å²) in [6, 6.07) is 12.5. The van der Waals surface area contributed by atoms with Gasteiger partial charge in [-0.05, 0) is 18.2 Å². The number of rotatable bonds is 3. The Labute approximate surface area is 147 Å². The van der Waals surface area contributed by atoms with Gasteiger partial charge in [-0.3, -0.25) is 4.79 Å². The first-order chi connectivity index (χ1) is 12.7. The van der Waals surface area contributed by atoms with E-state index in [9.17, 15) is 10.1 Å². The van der Waals surface area contributed by atoms with Gasteiger partial charge in [0.2, 0.25) is 0 Å². The second-order valence-electron chi connectivity index (χ2n) is 5.43. The van der Waals surface area contributed by atoms with Gasteiger partial charge in [0.05, 0.1) is 17.3 Å². The van der Waals surface area contributed by atoms with Gasteiger partial charge < -0.3 is 5.73 Å². The fourth-order valence-electron chi connectivity index (χ4n) is 2.78. The van der Waals surface area contributed by atoms with Crippen LogP contribution in [-0.2, 0) is 0 Å². The number of fused-ring (bicyclic) bond motifs is 1. The number of hydrogen-bond acceptors (Lipinski definition) is 7. The molecule has 0 unspecified atom stereocenters. The molecule has 3 aromatic heterocycles. The fraction of sp³-hybridized carbons (Fsp3) is 0. The molecule has 0 bridgehead atoms. The molecule has 0 aliphatic rings. The van der Waals surface area contributed by atoms with Crippen LogP contribution in [0.25, 0.3) is 28.2 Å². The first-order valence-corrected chi connectivity index (χ1v) is 7.63. The smallest absolute Gasteiger partial charge is 0.170 e. The zero-order valence-corrected chi connectivity index (χ0v) is 13.4. The third-order valence-corrected chi connectivity index (χ3v) is 3.91. The number of nitrogens with zero attached hydrogens (tertiary/aromatic N) is 6. The van der Waals surface area contributed by atoms with E-state index in [-0.39, 0.29) is 11.5 Å². The number of carbonyl (C=O) groups excluding carboxylic acids is 1. The zero-order valence-electron chi connectivity index (χ0n) is 13.4. The van der Waals surface area contributed by atoms with Crippen LogP contribution in [0.4, 0.5) is 5.82 Å². The molecule has 0 aliphatic carbocycles. The Morgan fingerprint density at radius 1 is 1.23 bits per heavy atom. The molecule has 4 aromatic rings. The van der Waals surface area contributed by atoms with Crippen molar-refractivity contribution in [3.05, 3.63) is 60.2 Å². The lowest BCUT2D eigenvalue weighted by molar-refractivity contribution is 0.111. The number of carbonyl (C=O) groups is 1. The first-order valence-electron chi connectivity index (χ1n) is 7.63. The molecular weight excluding hydrogens is 330 g/mol. The van der Waals surface area contributed by atoms with Crippen molar-refractivity contribution in [3.63, 3.8) is 0 Å². The van der Waals surface area contributed by atoms with Gasteiger partial charge in [-0.1, -0.05) is 18.2 Å². The van der Waals surface area contributed by atoms with E-state index in [0.29, 0.717) is 40.0 Å². The molecule has 0 spiro atoms. The average Bonchev–Trinajstić information content (AvgIpc) is 3.13. The molecule has 4 rings (SSSR count). The minimum Gasteiger partial charge on any atom is -0.382 e. The molecule has 3 heterocycles. The van der Waals surface area contributed by atoms with Crippen LogP contribution in [0.1, 0.15) is 16.1 Å². The second-order valence-corrected chi connectivity index (χ2v) is 5.43. The molecule has 1 aromatic carbocycles. The Balaban J connectivity index is 2.16. The quantitative estimate of drug-likeness (QED) is 0.566.